The third-order valence-corrected chi connectivity index (χ3v) is 3.78. The van der Waals surface area contributed by atoms with Crippen molar-refractivity contribution < 1.29 is 0 Å². The predicted octanol–water partition coefficient (Wildman–Crippen LogP) is 4.68. The van der Waals surface area contributed by atoms with Gasteiger partial charge in [-0.3, -0.25) is 4.98 Å². The van der Waals surface area contributed by atoms with E-state index in [-0.39, 0.29) is 0 Å². The Morgan fingerprint density at radius 2 is 1.92 bits per heavy atom. The van der Waals surface area contributed by atoms with Gasteiger partial charge in [-0.15, -0.1) is 0 Å². The van der Waals surface area contributed by atoms with Gasteiger partial charge in [0.05, 0.1) is 22.1 Å². The van der Waals surface area contributed by atoms with E-state index in [0.29, 0.717) is 16.8 Å². The van der Waals surface area contributed by atoms with E-state index < -0.39 is 0 Å². The molecule has 2 heterocycles. The van der Waals surface area contributed by atoms with Crippen LogP contribution in [0.1, 0.15) is 12.5 Å². The lowest BCUT2D eigenvalue weighted by Gasteiger charge is -2.13. The standard InChI is InChI=1S/C18H18ClN5/c1-3-20-18-22-15(14-9-4-5-10-21-14)11-16(24-18)23-17-12(2)7-6-8-13(17)19/h4-11H,3H2,1-2H3,(H2,20,22,23,24). The van der Waals surface area contributed by atoms with Crippen LogP contribution in [0.5, 0.6) is 0 Å². The number of aromatic nitrogens is 3. The second-order valence-corrected chi connectivity index (χ2v) is 5.67. The Bertz CT molecular complexity index is 816. The first-order valence-corrected chi connectivity index (χ1v) is 8.11. The maximum atomic E-state index is 6.30. The molecule has 5 nitrogen and oxygen atoms in total. The highest BCUT2D eigenvalue weighted by molar-refractivity contribution is 6.33. The molecule has 6 heteroatoms. The molecule has 0 unspecified atom stereocenters. The maximum Gasteiger partial charge on any atom is 0.225 e. The maximum absolute atomic E-state index is 6.30. The van der Waals surface area contributed by atoms with Crippen LogP contribution in [-0.4, -0.2) is 21.5 Å². The van der Waals surface area contributed by atoms with Crippen molar-refractivity contribution in [1.82, 2.24) is 15.0 Å². The molecule has 0 fully saturated rings. The van der Waals surface area contributed by atoms with E-state index in [2.05, 4.69) is 25.6 Å². The average molecular weight is 340 g/mol. The number of anilines is 3. The molecule has 0 aliphatic carbocycles. The summed E-state index contributed by atoms with van der Waals surface area (Å²) in [5.74, 6) is 1.21. The van der Waals surface area contributed by atoms with Crippen LogP contribution in [-0.2, 0) is 0 Å². The molecular formula is C18H18ClN5. The molecule has 0 amide bonds. The lowest BCUT2D eigenvalue weighted by Crippen LogP contribution is -2.06. The molecule has 3 aromatic rings. The van der Waals surface area contributed by atoms with E-state index in [0.717, 1.165) is 29.2 Å². The zero-order chi connectivity index (χ0) is 16.9. The lowest BCUT2D eigenvalue weighted by molar-refractivity contribution is 1.08. The summed E-state index contributed by atoms with van der Waals surface area (Å²) < 4.78 is 0. The fraction of sp³-hybridized carbons (Fsp3) is 0.167. The highest BCUT2D eigenvalue weighted by Gasteiger charge is 2.10. The quantitative estimate of drug-likeness (QED) is 0.707. The highest BCUT2D eigenvalue weighted by atomic mass is 35.5. The summed E-state index contributed by atoms with van der Waals surface area (Å²) in [6.45, 7) is 4.73. The summed E-state index contributed by atoms with van der Waals surface area (Å²) in [6, 6.07) is 13.4. The van der Waals surface area contributed by atoms with Crippen LogP contribution >= 0.6 is 11.6 Å². The summed E-state index contributed by atoms with van der Waals surface area (Å²) in [7, 11) is 0. The fourth-order valence-corrected chi connectivity index (χ4v) is 2.58. The van der Waals surface area contributed by atoms with Gasteiger partial charge in [0.2, 0.25) is 5.95 Å². The second kappa shape index (κ2) is 7.27. The Morgan fingerprint density at radius 1 is 1.04 bits per heavy atom. The molecule has 0 bridgehead atoms. The van der Waals surface area contributed by atoms with Crippen LogP contribution in [0.4, 0.5) is 17.5 Å². The molecule has 0 spiro atoms. The zero-order valence-electron chi connectivity index (χ0n) is 13.5. The van der Waals surface area contributed by atoms with E-state index in [1.54, 1.807) is 6.20 Å². The molecule has 0 saturated heterocycles. The van der Waals surface area contributed by atoms with Crippen molar-refractivity contribution in [3.63, 3.8) is 0 Å². The Balaban J connectivity index is 2.02. The van der Waals surface area contributed by atoms with Gasteiger partial charge in [-0.2, -0.15) is 4.98 Å². The van der Waals surface area contributed by atoms with Gasteiger partial charge in [0, 0.05) is 18.8 Å². The molecule has 0 aliphatic heterocycles. The Labute approximate surface area is 146 Å². The van der Waals surface area contributed by atoms with Crippen molar-refractivity contribution in [3.05, 3.63) is 59.2 Å². The third-order valence-electron chi connectivity index (χ3n) is 3.46. The van der Waals surface area contributed by atoms with Crippen LogP contribution in [0.2, 0.25) is 5.02 Å². The highest BCUT2D eigenvalue weighted by Crippen LogP contribution is 2.29. The number of nitrogens with zero attached hydrogens (tertiary/aromatic N) is 3. The van der Waals surface area contributed by atoms with Crippen LogP contribution in [0, 0.1) is 6.92 Å². The van der Waals surface area contributed by atoms with Gasteiger partial charge in [0.1, 0.15) is 5.82 Å². The summed E-state index contributed by atoms with van der Waals surface area (Å²) in [5, 5.41) is 7.10. The number of hydrogen-bond acceptors (Lipinski definition) is 5. The third kappa shape index (κ3) is 3.63. The van der Waals surface area contributed by atoms with E-state index in [1.807, 2.05) is 56.3 Å². The van der Waals surface area contributed by atoms with E-state index >= 15 is 0 Å². The molecule has 0 aliphatic rings. The number of para-hydroxylation sites is 1. The number of aryl methyl sites for hydroxylation is 1. The topological polar surface area (TPSA) is 62.7 Å². The minimum atomic E-state index is 0.549. The van der Waals surface area contributed by atoms with Crippen LogP contribution < -0.4 is 10.6 Å². The number of benzene rings is 1. The van der Waals surface area contributed by atoms with Crippen LogP contribution in [0.3, 0.4) is 0 Å². The van der Waals surface area contributed by atoms with Crippen molar-refractivity contribution in [2.45, 2.75) is 13.8 Å². The first-order chi connectivity index (χ1) is 11.7. The SMILES string of the molecule is CCNc1nc(Nc2c(C)cccc2Cl)cc(-c2ccccn2)n1. The van der Waals surface area contributed by atoms with E-state index in [9.17, 15) is 0 Å². The second-order valence-electron chi connectivity index (χ2n) is 5.26. The molecule has 2 aromatic heterocycles. The van der Waals surface area contributed by atoms with Crippen molar-refractivity contribution in [3.8, 4) is 11.4 Å². The number of rotatable bonds is 5. The summed E-state index contributed by atoms with van der Waals surface area (Å²) in [6.07, 6.45) is 1.75. The van der Waals surface area contributed by atoms with Gasteiger partial charge >= 0.3 is 0 Å². The summed E-state index contributed by atoms with van der Waals surface area (Å²) >= 11 is 6.30. The molecule has 2 N–H and O–H groups in total. The normalized spacial score (nSPS) is 10.5. The van der Waals surface area contributed by atoms with Gasteiger partial charge in [-0.25, -0.2) is 4.98 Å². The number of pyridine rings is 1. The first kappa shape index (κ1) is 16.2. The molecule has 0 radical (unpaired) electrons. The van der Waals surface area contributed by atoms with E-state index in [4.69, 9.17) is 11.6 Å². The van der Waals surface area contributed by atoms with Crippen molar-refractivity contribution in [2.24, 2.45) is 0 Å². The smallest absolute Gasteiger partial charge is 0.225 e. The molecule has 1 aromatic carbocycles. The molecular weight excluding hydrogens is 322 g/mol. The van der Waals surface area contributed by atoms with Gasteiger partial charge in [0.15, 0.2) is 0 Å². The lowest BCUT2D eigenvalue weighted by atomic mass is 10.2. The Morgan fingerprint density at radius 3 is 2.62 bits per heavy atom. The van der Waals surface area contributed by atoms with Gasteiger partial charge in [-0.1, -0.05) is 29.8 Å². The number of nitrogens with one attached hydrogen (secondary N) is 2. The summed E-state index contributed by atoms with van der Waals surface area (Å²) in [4.78, 5) is 13.4. The Kier molecular flexibility index (Phi) is 4.91. The van der Waals surface area contributed by atoms with E-state index in [1.165, 1.54) is 0 Å². The number of halogens is 1. The van der Waals surface area contributed by atoms with Crippen molar-refractivity contribution >= 4 is 29.1 Å². The average Bonchev–Trinajstić information content (AvgIpc) is 2.59. The van der Waals surface area contributed by atoms with Crippen LogP contribution in [0.25, 0.3) is 11.4 Å². The predicted molar refractivity (Wildman–Crippen MR) is 98.9 cm³/mol. The van der Waals surface area contributed by atoms with Gasteiger partial charge < -0.3 is 10.6 Å². The number of hydrogen-bond donors (Lipinski definition) is 2. The molecule has 3 rings (SSSR count). The largest absolute Gasteiger partial charge is 0.354 e. The molecule has 122 valence electrons. The molecule has 0 saturated carbocycles. The van der Waals surface area contributed by atoms with Crippen molar-refractivity contribution in [2.75, 3.05) is 17.2 Å². The Hall–Kier alpha value is -2.66. The fourth-order valence-electron chi connectivity index (χ4n) is 2.31. The van der Waals surface area contributed by atoms with Crippen molar-refractivity contribution in [1.29, 1.82) is 0 Å². The van der Waals surface area contributed by atoms with Crippen LogP contribution in [0.15, 0.2) is 48.7 Å². The molecule has 24 heavy (non-hydrogen) atoms. The first-order valence-electron chi connectivity index (χ1n) is 7.74. The van der Waals surface area contributed by atoms with Gasteiger partial charge in [-0.05, 0) is 37.6 Å². The summed E-state index contributed by atoms with van der Waals surface area (Å²) in [5.41, 5.74) is 3.42. The monoisotopic (exact) mass is 339 g/mol. The zero-order valence-corrected chi connectivity index (χ0v) is 14.3. The van der Waals surface area contributed by atoms with Gasteiger partial charge in [0.25, 0.3) is 0 Å². The molecule has 0 atom stereocenters. The minimum absolute atomic E-state index is 0.549. The minimum Gasteiger partial charge on any atom is -0.354 e.